The first-order valence-electron chi connectivity index (χ1n) is 9.77. The van der Waals surface area contributed by atoms with Gasteiger partial charge >= 0.3 is 0 Å². The molecule has 0 aromatic heterocycles. The standard InChI is InChI=1S/C23H23NO5/c1-27-17-7-5-6-16(12-17)13-21-23(26)19-9-8-18(14-20(19)29-21)28-15-22(25)24-10-3-2-4-11-24/h5-9,12-14H,2-4,10-11,15H2,1H3. The average Bonchev–Trinajstić information content (AvgIpc) is 3.07. The lowest BCUT2D eigenvalue weighted by molar-refractivity contribution is -0.134. The van der Waals surface area contributed by atoms with E-state index in [9.17, 15) is 9.59 Å². The number of fused-ring (bicyclic) bond motifs is 1. The van der Waals surface area contributed by atoms with Gasteiger partial charge in [0.25, 0.3) is 5.91 Å². The van der Waals surface area contributed by atoms with E-state index in [2.05, 4.69) is 0 Å². The molecule has 6 heteroatoms. The molecule has 0 N–H and O–H groups in total. The number of Topliss-reactive ketones (excluding diaryl/α,β-unsaturated/α-hetero) is 1. The molecule has 2 heterocycles. The topological polar surface area (TPSA) is 65.1 Å². The molecule has 0 radical (unpaired) electrons. The van der Waals surface area contributed by atoms with Gasteiger partial charge in [-0.3, -0.25) is 9.59 Å². The first kappa shape index (κ1) is 19.1. The minimum absolute atomic E-state index is 0.0131. The zero-order chi connectivity index (χ0) is 20.2. The van der Waals surface area contributed by atoms with Gasteiger partial charge in [0.05, 0.1) is 12.7 Å². The molecular weight excluding hydrogens is 370 g/mol. The predicted molar refractivity (Wildman–Crippen MR) is 108 cm³/mol. The number of carbonyl (C=O) groups is 2. The van der Waals surface area contributed by atoms with Crippen molar-refractivity contribution in [3.63, 3.8) is 0 Å². The summed E-state index contributed by atoms with van der Waals surface area (Å²) in [4.78, 5) is 26.7. The molecule has 0 atom stereocenters. The number of piperidine rings is 1. The highest BCUT2D eigenvalue weighted by molar-refractivity contribution is 6.14. The van der Waals surface area contributed by atoms with Gasteiger partial charge < -0.3 is 19.1 Å². The van der Waals surface area contributed by atoms with Gasteiger partial charge in [-0.15, -0.1) is 0 Å². The number of allylic oxidation sites excluding steroid dienone is 1. The fourth-order valence-corrected chi connectivity index (χ4v) is 3.52. The maximum absolute atomic E-state index is 12.6. The molecule has 2 aromatic rings. The summed E-state index contributed by atoms with van der Waals surface area (Å²) in [6.07, 6.45) is 4.95. The molecule has 2 aromatic carbocycles. The molecule has 6 nitrogen and oxygen atoms in total. The highest BCUT2D eigenvalue weighted by atomic mass is 16.5. The minimum atomic E-state index is -0.182. The molecule has 0 spiro atoms. The summed E-state index contributed by atoms with van der Waals surface area (Å²) in [5.41, 5.74) is 1.29. The summed E-state index contributed by atoms with van der Waals surface area (Å²) in [6.45, 7) is 1.57. The highest BCUT2D eigenvalue weighted by Crippen LogP contribution is 2.35. The maximum atomic E-state index is 12.6. The minimum Gasteiger partial charge on any atom is -0.497 e. The molecule has 0 aliphatic carbocycles. The van der Waals surface area contributed by atoms with E-state index in [1.54, 1.807) is 31.4 Å². The van der Waals surface area contributed by atoms with Crippen LogP contribution in [0, 0.1) is 0 Å². The SMILES string of the molecule is COc1cccc(C=C2Oc3cc(OCC(=O)N4CCCCC4)ccc3C2=O)c1. The van der Waals surface area contributed by atoms with E-state index < -0.39 is 0 Å². The molecule has 150 valence electrons. The number of amides is 1. The summed E-state index contributed by atoms with van der Waals surface area (Å²) in [5, 5.41) is 0. The van der Waals surface area contributed by atoms with Gasteiger partial charge in [0.1, 0.15) is 17.2 Å². The molecule has 2 aliphatic rings. The number of rotatable bonds is 5. The van der Waals surface area contributed by atoms with E-state index in [4.69, 9.17) is 14.2 Å². The number of nitrogens with zero attached hydrogens (tertiary/aromatic N) is 1. The molecular formula is C23H23NO5. The Labute approximate surface area is 169 Å². The summed E-state index contributed by atoms with van der Waals surface area (Å²) in [6, 6.07) is 12.4. The smallest absolute Gasteiger partial charge is 0.260 e. The van der Waals surface area contributed by atoms with Crippen molar-refractivity contribution >= 4 is 17.8 Å². The van der Waals surface area contributed by atoms with E-state index >= 15 is 0 Å². The van der Waals surface area contributed by atoms with Crippen LogP contribution in [0.4, 0.5) is 0 Å². The van der Waals surface area contributed by atoms with Gasteiger partial charge in [0.15, 0.2) is 12.4 Å². The van der Waals surface area contributed by atoms with Crippen molar-refractivity contribution in [2.45, 2.75) is 19.3 Å². The van der Waals surface area contributed by atoms with Crippen LogP contribution in [0.2, 0.25) is 0 Å². The fraction of sp³-hybridized carbons (Fsp3) is 0.304. The van der Waals surface area contributed by atoms with Crippen molar-refractivity contribution in [3.8, 4) is 17.2 Å². The van der Waals surface area contributed by atoms with Gasteiger partial charge in [-0.2, -0.15) is 0 Å². The molecule has 0 bridgehead atoms. The summed E-state index contributed by atoms with van der Waals surface area (Å²) >= 11 is 0. The van der Waals surface area contributed by atoms with Crippen molar-refractivity contribution in [1.29, 1.82) is 0 Å². The molecule has 29 heavy (non-hydrogen) atoms. The number of hydrogen-bond acceptors (Lipinski definition) is 5. The van der Waals surface area contributed by atoms with Crippen LogP contribution in [0.25, 0.3) is 6.08 Å². The third-order valence-corrected chi connectivity index (χ3v) is 5.10. The first-order chi connectivity index (χ1) is 14.1. The van der Waals surface area contributed by atoms with E-state index in [-0.39, 0.29) is 24.1 Å². The third-order valence-electron chi connectivity index (χ3n) is 5.10. The van der Waals surface area contributed by atoms with Gasteiger partial charge in [-0.25, -0.2) is 0 Å². The number of hydrogen-bond donors (Lipinski definition) is 0. The van der Waals surface area contributed by atoms with Gasteiger partial charge in [0.2, 0.25) is 5.78 Å². The number of ether oxygens (including phenoxy) is 3. The molecule has 4 rings (SSSR count). The van der Waals surface area contributed by atoms with Crippen LogP contribution in [0.5, 0.6) is 17.2 Å². The van der Waals surface area contributed by atoms with Gasteiger partial charge in [0, 0.05) is 19.2 Å². The predicted octanol–water partition coefficient (Wildman–Crippen LogP) is 3.70. The molecule has 0 unspecified atom stereocenters. The van der Waals surface area contributed by atoms with Crippen LogP contribution in [0.1, 0.15) is 35.2 Å². The molecule has 1 fully saturated rings. The van der Waals surface area contributed by atoms with E-state index in [0.29, 0.717) is 22.8 Å². The second-order valence-corrected chi connectivity index (χ2v) is 7.10. The summed E-state index contributed by atoms with van der Waals surface area (Å²) < 4.78 is 16.6. The number of benzene rings is 2. The lowest BCUT2D eigenvalue weighted by Gasteiger charge is -2.26. The first-order valence-corrected chi connectivity index (χ1v) is 9.77. The molecule has 2 aliphatic heterocycles. The second kappa shape index (κ2) is 8.39. The Balaban J connectivity index is 1.44. The van der Waals surface area contributed by atoms with Crippen LogP contribution in [-0.4, -0.2) is 43.4 Å². The van der Waals surface area contributed by atoms with E-state index in [0.717, 1.165) is 31.5 Å². The van der Waals surface area contributed by atoms with Crippen LogP contribution in [0.3, 0.4) is 0 Å². The van der Waals surface area contributed by atoms with Crippen molar-refractivity contribution in [1.82, 2.24) is 4.90 Å². The fourth-order valence-electron chi connectivity index (χ4n) is 3.52. The zero-order valence-corrected chi connectivity index (χ0v) is 16.3. The monoisotopic (exact) mass is 393 g/mol. The normalized spacial score (nSPS) is 17.1. The van der Waals surface area contributed by atoms with Crippen LogP contribution >= 0.6 is 0 Å². The Kier molecular flexibility index (Phi) is 5.51. The van der Waals surface area contributed by atoms with E-state index in [1.807, 2.05) is 29.2 Å². The molecule has 0 saturated carbocycles. The molecule has 1 saturated heterocycles. The Hall–Kier alpha value is -3.28. The van der Waals surface area contributed by atoms with Crippen LogP contribution in [0.15, 0.2) is 48.2 Å². The third kappa shape index (κ3) is 4.26. The Bertz CT molecular complexity index is 959. The Morgan fingerprint density at radius 3 is 2.72 bits per heavy atom. The number of carbonyl (C=O) groups excluding carboxylic acids is 2. The average molecular weight is 393 g/mol. The van der Waals surface area contributed by atoms with E-state index in [1.165, 1.54) is 6.42 Å². The molecule has 1 amide bonds. The lowest BCUT2D eigenvalue weighted by Crippen LogP contribution is -2.38. The van der Waals surface area contributed by atoms with Crippen molar-refractivity contribution in [2.24, 2.45) is 0 Å². The zero-order valence-electron chi connectivity index (χ0n) is 16.3. The quantitative estimate of drug-likeness (QED) is 0.725. The summed E-state index contributed by atoms with van der Waals surface area (Å²) in [7, 11) is 1.59. The van der Waals surface area contributed by atoms with Crippen molar-refractivity contribution in [3.05, 3.63) is 59.4 Å². The largest absolute Gasteiger partial charge is 0.497 e. The van der Waals surface area contributed by atoms with Crippen molar-refractivity contribution in [2.75, 3.05) is 26.8 Å². The second-order valence-electron chi connectivity index (χ2n) is 7.10. The highest BCUT2D eigenvalue weighted by Gasteiger charge is 2.28. The van der Waals surface area contributed by atoms with Crippen molar-refractivity contribution < 1.29 is 23.8 Å². The van der Waals surface area contributed by atoms with Gasteiger partial charge in [-0.1, -0.05) is 12.1 Å². The van der Waals surface area contributed by atoms with Crippen LogP contribution < -0.4 is 14.2 Å². The maximum Gasteiger partial charge on any atom is 0.260 e. The Morgan fingerprint density at radius 2 is 1.93 bits per heavy atom. The Morgan fingerprint density at radius 1 is 1.10 bits per heavy atom. The number of likely N-dealkylation sites (tertiary alicyclic amines) is 1. The number of ketones is 1. The summed E-state index contributed by atoms with van der Waals surface area (Å²) in [5.74, 6) is 1.70. The number of methoxy groups -OCH3 is 1. The van der Waals surface area contributed by atoms with Gasteiger partial charge in [-0.05, 0) is 55.2 Å². The lowest BCUT2D eigenvalue weighted by atomic mass is 10.1. The van der Waals surface area contributed by atoms with Crippen LogP contribution in [-0.2, 0) is 4.79 Å².